The van der Waals surface area contributed by atoms with Crippen LogP contribution in [0, 0.1) is 5.92 Å². The lowest BCUT2D eigenvalue weighted by Gasteiger charge is -2.29. The minimum absolute atomic E-state index is 0.163. The van der Waals surface area contributed by atoms with Gasteiger partial charge in [0.1, 0.15) is 5.82 Å². The lowest BCUT2D eigenvalue weighted by Crippen LogP contribution is -2.48. The van der Waals surface area contributed by atoms with E-state index in [2.05, 4.69) is 39.2 Å². The van der Waals surface area contributed by atoms with Gasteiger partial charge in [0.05, 0.1) is 5.75 Å². The molecule has 2 aliphatic carbocycles. The number of amides is 3. The van der Waals surface area contributed by atoms with E-state index in [4.69, 9.17) is 0 Å². The summed E-state index contributed by atoms with van der Waals surface area (Å²) in [7, 11) is 0. The molecule has 7 nitrogen and oxygen atoms in total. The molecular weight excluding hydrogens is 338 g/mol. The van der Waals surface area contributed by atoms with Crippen LogP contribution in [0.1, 0.15) is 64.1 Å². The molecule has 0 spiro atoms. The number of thioether (sulfide) groups is 1. The van der Waals surface area contributed by atoms with Crippen molar-refractivity contribution in [3.63, 3.8) is 0 Å². The van der Waals surface area contributed by atoms with Crippen LogP contribution in [0.5, 0.6) is 0 Å². The van der Waals surface area contributed by atoms with Crippen molar-refractivity contribution in [1.29, 1.82) is 0 Å². The molecule has 8 heteroatoms. The van der Waals surface area contributed by atoms with Gasteiger partial charge in [0.25, 0.3) is 0 Å². The van der Waals surface area contributed by atoms with Gasteiger partial charge < -0.3 is 9.88 Å². The summed E-state index contributed by atoms with van der Waals surface area (Å²) in [5, 5.41) is 14.6. The van der Waals surface area contributed by atoms with E-state index in [1.165, 1.54) is 31.0 Å². The average molecular weight is 366 g/mol. The fraction of sp³-hybridized carbons (Fsp3) is 0.765. The zero-order chi connectivity index (χ0) is 17.8. The topological polar surface area (TPSA) is 88.9 Å². The molecular formula is C17H27N5O2S. The first-order chi connectivity index (χ1) is 12.1. The maximum atomic E-state index is 12.1. The van der Waals surface area contributed by atoms with E-state index in [-0.39, 0.29) is 23.7 Å². The van der Waals surface area contributed by atoms with Gasteiger partial charge in [0.2, 0.25) is 5.91 Å². The number of carbonyl (C=O) groups is 2. The van der Waals surface area contributed by atoms with Crippen LogP contribution in [0.4, 0.5) is 4.79 Å². The first-order valence-electron chi connectivity index (χ1n) is 9.24. The molecule has 25 heavy (non-hydrogen) atoms. The second kappa shape index (κ2) is 8.21. The Morgan fingerprint density at radius 3 is 2.64 bits per heavy atom. The van der Waals surface area contributed by atoms with Crippen molar-refractivity contribution in [2.45, 2.75) is 76.0 Å². The van der Waals surface area contributed by atoms with Crippen LogP contribution in [0.15, 0.2) is 5.16 Å². The summed E-state index contributed by atoms with van der Waals surface area (Å²) in [5.41, 5.74) is 0. The number of imide groups is 1. The fourth-order valence-electron chi connectivity index (χ4n) is 3.38. The maximum absolute atomic E-state index is 12.1. The molecule has 138 valence electrons. The molecule has 0 radical (unpaired) electrons. The summed E-state index contributed by atoms with van der Waals surface area (Å²) in [4.78, 5) is 24.1. The number of urea groups is 1. The van der Waals surface area contributed by atoms with E-state index in [9.17, 15) is 9.59 Å². The summed E-state index contributed by atoms with van der Waals surface area (Å²) in [6.45, 7) is 5.00. The van der Waals surface area contributed by atoms with Crippen molar-refractivity contribution in [3.8, 4) is 0 Å². The van der Waals surface area contributed by atoms with Gasteiger partial charge in [-0.3, -0.25) is 10.1 Å². The molecule has 1 aromatic rings. The highest BCUT2D eigenvalue weighted by Gasteiger charge is 2.30. The van der Waals surface area contributed by atoms with E-state index >= 15 is 0 Å². The molecule has 0 bridgehead atoms. The Morgan fingerprint density at radius 1 is 1.20 bits per heavy atom. The highest BCUT2D eigenvalue weighted by Crippen LogP contribution is 2.39. The van der Waals surface area contributed by atoms with Gasteiger partial charge in [0.15, 0.2) is 5.16 Å². The van der Waals surface area contributed by atoms with Crippen LogP contribution < -0.4 is 10.6 Å². The van der Waals surface area contributed by atoms with Gasteiger partial charge in [-0.1, -0.05) is 31.5 Å². The highest BCUT2D eigenvalue weighted by molar-refractivity contribution is 7.99. The molecule has 1 heterocycles. The molecule has 2 N–H and O–H groups in total. The van der Waals surface area contributed by atoms with Gasteiger partial charge in [-0.05, 0) is 38.5 Å². The van der Waals surface area contributed by atoms with Crippen LogP contribution in [-0.4, -0.2) is 38.5 Å². The third kappa shape index (κ3) is 4.74. The smallest absolute Gasteiger partial charge is 0.321 e. The fourth-order valence-corrected chi connectivity index (χ4v) is 4.18. The van der Waals surface area contributed by atoms with Gasteiger partial charge in [-0.15, -0.1) is 10.2 Å². The monoisotopic (exact) mass is 365 g/mol. The Hall–Kier alpha value is -1.57. The van der Waals surface area contributed by atoms with Crippen molar-refractivity contribution in [2.75, 3.05) is 5.75 Å². The van der Waals surface area contributed by atoms with Crippen LogP contribution in [0.25, 0.3) is 0 Å². The van der Waals surface area contributed by atoms with E-state index in [1.807, 2.05) is 0 Å². The zero-order valence-corrected chi connectivity index (χ0v) is 15.8. The molecule has 2 atom stereocenters. The Balaban J connectivity index is 1.45. The Labute approximate surface area is 152 Å². The summed E-state index contributed by atoms with van der Waals surface area (Å²) in [5.74, 6) is 1.88. The third-order valence-corrected chi connectivity index (χ3v) is 5.98. The summed E-state index contributed by atoms with van der Waals surface area (Å²) >= 11 is 1.33. The average Bonchev–Trinajstić information content (AvgIpc) is 3.35. The van der Waals surface area contributed by atoms with Gasteiger partial charge in [0, 0.05) is 18.5 Å². The largest absolute Gasteiger partial charge is 0.335 e. The first-order valence-corrected chi connectivity index (χ1v) is 10.2. The van der Waals surface area contributed by atoms with E-state index in [0.717, 1.165) is 36.8 Å². The number of carbonyl (C=O) groups excluding carboxylic acids is 2. The quantitative estimate of drug-likeness (QED) is 0.757. The van der Waals surface area contributed by atoms with Crippen LogP contribution in [0.3, 0.4) is 0 Å². The summed E-state index contributed by atoms with van der Waals surface area (Å²) < 4.78 is 2.07. The minimum Gasteiger partial charge on any atom is -0.335 e. The van der Waals surface area contributed by atoms with Crippen molar-refractivity contribution in [2.24, 2.45) is 5.92 Å². The van der Waals surface area contributed by atoms with E-state index in [0.29, 0.717) is 11.8 Å². The molecule has 0 aromatic carbocycles. The molecule has 0 aliphatic heterocycles. The normalized spacial score (nSPS) is 23.3. The molecule has 2 saturated carbocycles. The SMILES string of the molecule is CCn1c(SCC(=O)NC(=O)N[C@@H]2CCCC[C@@H]2C)nnc1C1CC1. The van der Waals surface area contributed by atoms with Crippen LogP contribution >= 0.6 is 11.8 Å². The van der Waals surface area contributed by atoms with Gasteiger partial charge in [-0.2, -0.15) is 0 Å². The van der Waals surface area contributed by atoms with Gasteiger partial charge >= 0.3 is 6.03 Å². The number of nitrogens with zero attached hydrogens (tertiary/aromatic N) is 3. The number of rotatable bonds is 6. The maximum Gasteiger partial charge on any atom is 0.321 e. The third-order valence-electron chi connectivity index (χ3n) is 5.02. The second-order valence-corrected chi connectivity index (χ2v) is 7.98. The number of hydrogen-bond acceptors (Lipinski definition) is 5. The predicted molar refractivity (Wildman–Crippen MR) is 96.5 cm³/mol. The zero-order valence-electron chi connectivity index (χ0n) is 15.0. The lowest BCUT2D eigenvalue weighted by molar-refractivity contribution is -0.117. The van der Waals surface area contributed by atoms with E-state index in [1.54, 1.807) is 0 Å². The Morgan fingerprint density at radius 2 is 1.96 bits per heavy atom. The second-order valence-electron chi connectivity index (χ2n) is 7.04. The molecule has 0 saturated heterocycles. The lowest BCUT2D eigenvalue weighted by atomic mass is 9.86. The number of nitrogens with one attached hydrogen (secondary N) is 2. The summed E-state index contributed by atoms with van der Waals surface area (Å²) in [6, 6.07) is -0.224. The van der Waals surface area contributed by atoms with Crippen molar-refractivity contribution in [1.82, 2.24) is 25.4 Å². The van der Waals surface area contributed by atoms with Crippen LogP contribution in [-0.2, 0) is 11.3 Å². The molecule has 1 aromatic heterocycles. The molecule has 2 fully saturated rings. The standard InChI is InChI=1S/C17H27N5O2S/c1-3-22-15(12-8-9-12)20-21-17(22)25-10-14(23)19-16(24)18-13-7-5-4-6-11(13)2/h11-13H,3-10H2,1-2H3,(H2,18,19,23,24)/t11-,13+/m0/s1. The predicted octanol–water partition coefficient (Wildman–Crippen LogP) is 2.67. The molecule has 2 aliphatic rings. The van der Waals surface area contributed by atoms with E-state index < -0.39 is 0 Å². The van der Waals surface area contributed by atoms with Crippen LogP contribution in [0.2, 0.25) is 0 Å². The molecule has 3 amide bonds. The van der Waals surface area contributed by atoms with Crippen molar-refractivity contribution < 1.29 is 9.59 Å². The van der Waals surface area contributed by atoms with Gasteiger partial charge in [-0.25, -0.2) is 4.79 Å². The number of aromatic nitrogens is 3. The summed E-state index contributed by atoms with van der Waals surface area (Å²) in [6.07, 6.45) is 6.81. The Kier molecular flexibility index (Phi) is 5.98. The van der Waals surface area contributed by atoms with Crippen molar-refractivity contribution in [3.05, 3.63) is 5.82 Å². The first kappa shape index (κ1) is 18.2. The minimum atomic E-state index is -0.389. The van der Waals surface area contributed by atoms with Crippen molar-refractivity contribution >= 4 is 23.7 Å². The molecule has 0 unspecified atom stereocenters. The highest BCUT2D eigenvalue weighted by atomic mass is 32.2. The number of hydrogen-bond donors (Lipinski definition) is 2. The Bertz CT molecular complexity index is 629. The molecule has 3 rings (SSSR count).